The number of primary amides is 1. The third-order valence-electron chi connectivity index (χ3n) is 19.5. The first-order chi connectivity index (χ1) is 55.1. The van der Waals surface area contributed by atoms with Crippen LogP contribution in [-0.2, 0) is 84.8 Å². The van der Waals surface area contributed by atoms with Crippen molar-refractivity contribution in [2.45, 2.75) is 245 Å². The topological polar surface area (TPSA) is 596 Å². The number of carbonyl (C=O) groups is 15. The van der Waals surface area contributed by atoms with Crippen molar-refractivity contribution in [3.63, 3.8) is 0 Å². The van der Waals surface area contributed by atoms with Crippen LogP contribution in [0.3, 0.4) is 0 Å². The van der Waals surface area contributed by atoms with E-state index >= 15 is 0 Å². The summed E-state index contributed by atoms with van der Waals surface area (Å²) in [4.78, 5) is 210. The van der Waals surface area contributed by atoms with E-state index in [4.69, 9.17) is 34.4 Å². The van der Waals surface area contributed by atoms with Gasteiger partial charge in [-0.1, -0.05) is 131 Å². The number of amides is 15. The largest absolute Gasteiger partial charge is 0.368 e. The fourth-order valence-corrected chi connectivity index (χ4v) is 12.5. The Labute approximate surface area is 681 Å². The molecule has 116 heavy (non-hydrogen) atoms. The molecule has 648 valence electrons. The average Bonchev–Trinajstić information content (AvgIpc) is 1.67. The summed E-state index contributed by atoms with van der Waals surface area (Å²) in [5, 5.41) is 37.7. The van der Waals surface area contributed by atoms with E-state index in [0.717, 1.165) is 10.9 Å². The van der Waals surface area contributed by atoms with Crippen molar-refractivity contribution in [1.29, 1.82) is 0 Å². The molecule has 0 saturated heterocycles. The molecular weight excluding hydrogens is 1500 g/mol. The molecule has 0 bridgehead atoms. The molecule has 36 heteroatoms. The number of aromatic nitrogens is 1. The molecule has 15 amide bonds. The van der Waals surface area contributed by atoms with Crippen molar-refractivity contribution in [3.05, 3.63) is 71.9 Å². The Bertz CT molecular complexity index is 3650. The molecule has 0 saturated carbocycles. The first-order valence-electron chi connectivity index (χ1n) is 40.6. The van der Waals surface area contributed by atoms with Crippen LogP contribution in [0.2, 0.25) is 0 Å². The minimum Gasteiger partial charge on any atom is -0.368 e. The summed E-state index contributed by atoms with van der Waals surface area (Å²) in [6, 6.07) is 2.93. The van der Waals surface area contributed by atoms with Crippen LogP contribution in [0.1, 0.15) is 177 Å². The number of H-pyrrole nitrogens is 1. The normalized spacial score (nSPS) is 14.4. The highest BCUT2D eigenvalue weighted by Crippen LogP contribution is 2.21. The Morgan fingerprint density at radius 3 is 1.19 bits per heavy atom. The fraction of sp³-hybridized carbons (Fsp3) is 0.637. The minimum atomic E-state index is -1.38. The van der Waals surface area contributed by atoms with Gasteiger partial charge in [0.1, 0.15) is 60.4 Å². The number of rotatable bonds is 57. The van der Waals surface area contributed by atoms with Crippen LogP contribution in [0.15, 0.2) is 60.8 Å². The summed E-state index contributed by atoms with van der Waals surface area (Å²) in [6.07, 6.45) is 6.40. The van der Waals surface area contributed by atoms with E-state index in [9.17, 15) is 71.9 Å². The molecule has 0 spiro atoms. The Balaban J connectivity index is 1.79. The van der Waals surface area contributed by atoms with E-state index in [0.29, 0.717) is 81.9 Å². The number of carbonyl (C=O) groups excluding carboxylic acids is 15. The van der Waals surface area contributed by atoms with Crippen LogP contribution in [0.4, 0.5) is 0 Å². The van der Waals surface area contributed by atoms with E-state index in [1.54, 1.807) is 78.1 Å². The maximum absolute atomic E-state index is 14.9. The van der Waals surface area contributed by atoms with Crippen LogP contribution in [0, 0.1) is 29.6 Å². The number of benzene rings is 2. The van der Waals surface area contributed by atoms with E-state index in [1.165, 1.54) is 0 Å². The van der Waals surface area contributed by atoms with Gasteiger partial charge in [0, 0.05) is 29.9 Å². The number of nitrogens with one attached hydrogen (secondary N) is 15. The maximum atomic E-state index is 14.9. The lowest BCUT2D eigenvalue weighted by atomic mass is 9.97. The number of para-hydroxylation sites is 1. The predicted molar refractivity (Wildman–Crippen MR) is 440 cm³/mol. The molecule has 12 atom stereocenters. The second kappa shape index (κ2) is 53.9. The third kappa shape index (κ3) is 37.2. The zero-order chi connectivity index (χ0) is 86.6. The van der Waals surface area contributed by atoms with E-state index in [2.05, 4.69) is 79.4 Å². The van der Waals surface area contributed by atoms with Gasteiger partial charge in [0.25, 0.3) is 0 Å². The monoisotopic (exact) mass is 1630 g/mol. The summed E-state index contributed by atoms with van der Waals surface area (Å²) in [7, 11) is 0. The lowest BCUT2D eigenvalue weighted by Gasteiger charge is -2.29. The fourth-order valence-electron chi connectivity index (χ4n) is 12.5. The number of nitrogens with two attached hydrogens (primary N) is 6. The zero-order valence-electron chi connectivity index (χ0n) is 69.3. The Morgan fingerprint density at radius 1 is 0.362 bits per heavy atom. The van der Waals surface area contributed by atoms with Crippen LogP contribution in [0.5, 0.6) is 0 Å². The van der Waals surface area contributed by atoms with Crippen LogP contribution in [-0.4, -0.2) is 212 Å². The van der Waals surface area contributed by atoms with E-state index in [-0.39, 0.29) is 76.4 Å². The zero-order valence-corrected chi connectivity index (χ0v) is 69.3. The summed E-state index contributed by atoms with van der Waals surface area (Å²) in [5.74, 6) is -12.9. The highest BCUT2D eigenvalue weighted by Gasteiger charge is 2.37. The summed E-state index contributed by atoms with van der Waals surface area (Å²) in [6.45, 7) is 16.0. The Morgan fingerprint density at radius 2 is 0.733 bits per heavy atom. The summed E-state index contributed by atoms with van der Waals surface area (Å²) >= 11 is 0. The lowest BCUT2D eigenvalue weighted by molar-refractivity contribution is -0.136. The van der Waals surface area contributed by atoms with Crippen molar-refractivity contribution in [2.75, 3.05) is 52.4 Å². The molecule has 3 aromatic rings. The van der Waals surface area contributed by atoms with E-state index in [1.807, 2.05) is 52.0 Å². The van der Waals surface area contributed by atoms with Gasteiger partial charge < -0.3 is 114 Å². The first-order valence-corrected chi connectivity index (χ1v) is 40.6. The van der Waals surface area contributed by atoms with Crippen molar-refractivity contribution < 1.29 is 71.9 Å². The van der Waals surface area contributed by atoms with Gasteiger partial charge in [-0.3, -0.25) is 71.9 Å². The minimum absolute atomic E-state index is 0.0170. The van der Waals surface area contributed by atoms with Gasteiger partial charge in [-0.2, -0.15) is 0 Å². The highest BCUT2D eigenvalue weighted by molar-refractivity contribution is 6.00. The second-order valence-electron chi connectivity index (χ2n) is 31.0. The van der Waals surface area contributed by atoms with Gasteiger partial charge in [-0.05, 0) is 156 Å². The highest BCUT2D eigenvalue weighted by atomic mass is 16.2. The number of hydrogen-bond acceptors (Lipinski definition) is 20. The molecule has 0 aliphatic carbocycles. The van der Waals surface area contributed by atoms with Crippen molar-refractivity contribution >= 4 is 99.5 Å². The molecule has 1 heterocycles. The smallest absolute Gasteiger partial charge is 0.243 e. The van der Waals surface area contributed by atoms with Gasteiger partial charge in [0.15, 0.2) is 0 Å². The number of fused-ring (bicyclic) bond motifs is 1. The lowest BCUT2D eigenvalue weighted by Crippen LogP contribution is -2.61. The molecule has 0 aliphatic heterocycles. The molecule has 0 radical (unpaired) electrons. The van der Waals surface area contributed by atoms with Gasteiger partial charge >= 0.3 is 0 Å². The molecule has 3 rings (SSSR count). The second-order valence-corrected chi connectivity index (χ2v) is 31.0. The molecular formula is C80H133N21O15. The van der Waals surface area contributed by atoms with Gasteiger partial charge in [-0.25, -0.2) is 0 Å². The molecule has 36 nitrogen and oxygen atoms in total. The number of aromatic amines is 1. The van der Waals surface area contributed by atoms with Crippen LogP contribution < -0.4 is 109 Å². The van der Waals surface area contributed by atoms with Crippen LogP contribution >= 0.6 is 0 Å². The standard InChI is InChI=1S/C80H133N21O15/c1-11-50(10)69(79(115)91-43-64(103)88-44-65(104)99-67(48(6)7)78(114)90-42-63(102)89-45-66(105)100-68(49(8)9)80(116)95-59(70(86)106)37-46(2)3)101-74(110)58(32-20-24-36-84)92-72(108)56(30-18-22-34-82)93-76(112)61(39-51-25-13-12-14-26-51)98-75(111)60(38-47(4)5)97-73(109)57(31-19-23-35-83)94-77(113)62(96-71(107)54(85)28-17-21-33-81)40-52-41-87-55-29-16-15-27-53(52)55/h12-16,25-27,29,41,46-50,54,56-62,67-69,87H,11,17-24,28,30-40,42-45,81-85H2,1-10H3,(H2,86,106)(H,88,103)(H,89,102)(H,90,114)(H,91,115)(H,92,108)(H,93,112)(H,94,113)(H,95,116)(H,96,107)(H,97,109)(H,98,111)(H,99,104)(H,100,105)(H,101,110)/t50-,54-,56-,57-,58-,59-,60-,61-,62-,67-,68-,69-/m0/s1. The van der Waals surface area contributed by atoms with E-state index < -0.39 is 199 Å². The Hall–Kier alpha value is -10.2. The van der Waals surface area contributed by atoms with Gasteiger partial charge in [0.2, 0.25) is 88.6 Å². The van der Waals surface area contributed by atoms with Gasteiger partial charge in [-0.15, -0.1) is 0 Å². The van der Waals surface area contributed by atoms with Crippen molar-refractivity contribution in [1.82, 2.24) is 79.4 Å². The quantitative estimate of drug-likeness (QED) is 0.0273. The number of hydrogen-bond donors (Lipinski definition) is 21. The summed E-state index contributed by atoms with van der Waals surface area (Å²) < 4.78 is 0. The molecule has 1 aromatic heterocycles. The van der Waals surface area contributed by atoms with Crippen molar-refractivity contribution in [2.24, 2.45) is 64.0 Å². The molecule has 0 fully saturated rings. The maximum Gasteiger partial charge on any atom is 0.243 e. The first kappa shape index (κ1) is 100. The van der Waals surface area contributed by atoms with Crippen LogP contribution in [0.25, 0.3) is 10.9 Å². The SMILES string of the molecule is CC[C@H](C)[C@H](NC(=O)[C@H](CCCCN)NC(=O)[C@H](CCCCN)NC(=O)[C@H](Cc1ccccc1)NC(=O)[C@H](CC(C)C)NC(=O)[C@H](CCCCN)NC(=O)[C@H](Cc1c[nH]c2ccccc12)NC(=O)[C@@H](N)CCCCN)C(=O)NCC(=O)NCC(=O)N[C@H](C(=O)NCC(=O)NCC(=O)N[C@H](C(=O)N[C@@H](CC(C)C)C(N)=O)C(C)C)C(C)C. The van der Waals surface area contributed by atoms with Gasteiger partial charge in [0.05, 0.1) is 32.2 Å². The molecule has 27 N–H and O–H groups in total. The molecule has 0 aliphatic rings. The van der Waals surface area contributed by atoms with Crippen molar-refractivity contribution in [3.8, 4) is 0 Å². The molecule has 2 aromatic carbocycles. The third-order valence-corrected chi connectivity index (χ3v) is 19.5. The predicted octanol–water partition coefficient (Wildman–Crippen LogP) is -1.96. The molecule has 0 unspecified atom stereocenters. The summed E-state index contributed by atoms with van der Waals surface area (Å²) in [5.41, 5.74) is 37.3. The number of unbranched alkanes of at least 4 members (excludes halogenated alkanes) is 4. The average molecular weight is 1630 g/mol. The Kier molecular flexibility index (Phi) is 46.5.